The first-order valence-corrected chi connectivity index (χ1v) is 3.68. The zero-order valence-electron chi connectivity index (χ0n) is 6.67. The summed E-state index contributed by atoms with van der Waals surface area (Å²) < 4.78 is 0. The minimum absolute atomic E-state index is 0.744. The van der Waals surface area contributed by atoms with Crippen molar-refractivity contribution in [2.45, 2.75) is 33.1 Å². The fourth-order valence-electron chi connectivity index (χ4n) is 0.805. The van der Waals surface area contributed by atoms with Crippen molar-refractivity contribution in [2.75, 3.05) is 0 Å². The zero-order chi connectivity index (χ0) is 7.82. The van der Waals surface area contributed by atoms with Crippen LogP contribution in [0.3, 0.4) is 0 Å². The molecular formula is C8H15NO. The third kappa shape index (κ3) is 4.13. The first-order valence-electron chi connectivity index (χ1n) is 3.68. The number of oxime groups is 1. The van der Waals surface area contributed by atoms with Crippen molar-refractivity contribution in [3.05, 3.63) is 11.6 Å². The largest absolute Gasteiger partial charge is 0.411 e. The van der Waals surface area contributed by atoms with E-state index in [0.29, 0.717) is 0 Å². The molecule has 0 aliphatic rings. The fraction of sp³-hybridized carbons (Fsp3) is 0.625. The third-order valence-corrected chi connectivity index (χ3v) is 1.50. The number of hydrogen-bond acceptors (Lipinski definition) is 2. The van der Waals surface area contributed by atoms with Gasteiger partial charge in [-0.2, -0.15) is 0 Å². The highest BCUT2D eigenvalue weighted by Crippen LogP contribution is 2.05. The Balaban J connectivity index is 3.63. The van der Waals surface area contributed by atoms with E-state index in [0.717, 1.165) is 19.3 Å². The molecule has 1 N–H and O–H groups in total. The van der Waals surface area contributed by atoms with Crippen molar-refractivity contribution in [3.63, 3.8) is 0 Å². The van der Waals surface area contributed by atoms with Crippen LogP contribution in [0.4, 0.5) is 0 Å². The summed E-state index contributed by atoms with van der Waals surface area (Å²) in [5, 5.41) is 11.0. The van der Waals surface area contributed by atoms with Gasteiger partial charge in [-0.05, 0) is 12.8 Å². The molecule has 0 saturated carbocycles. The second-order valence-corrected chi connectivity index (χ2v) is 2.10. The predicted octanol–water partition coefficient (Wildman–Crippen LogP) is 2.58. The van der Waals surface area contributed by atoms with Crippen molar-refractivity contribution < 1.29 is 5.21 Å². The maximum absolute atomic E-state index is 8.06. The van der Waals surface area contributed by atoms with Crippen LogP contribution in [-0.4, -0.2) is 11.4 Å². The van der Waals surface area contributed by atoms with Gasteiger partial charge in [-0.25, -0.2) is 0 Å². The summed E-state index contributed by atoms with van der Waals surface area (Å²) in [6.45, 7) is 4.26. The van der Waals surface area contributed by atoms with Gasteiger partial charge in [-0.3, -0.25) is 0 Å². The maximum atomic E-state index is 8.06. The lowest BCUT2D eigenvalue weighted by atomic mass is 10.1. The van der Waals surface area contributed by atoms with Gasteiger partial charge < -0.3 is 5.21 Å². The van der Waals surface area contributed by atoms with E-state index >= 15 is 0 Å². The Bertz CT molecular complexity index is 121. The molecule has 0 radical (unpaired) electrons. The molecule has 0 atom stereocenters. The molecule has 0 aliphatic carbocycles. The molecule has 0 aromatic heterocycles. The van der Waals surface area contributed by atoms with E-state index < -0.39 is 0 Å². The lowest BCUT2D eigenvalue weighted by Gasteiger charge is -1.95. The molecule has 58 valence electrons. The molecule has 0 aromatic carbocycles. The van der Waals surface area contributed by atoms with Crippen molar-refractivity contribution in [2.24, 2.45) is 5.16 Å². The molecular weight excluding hydrogens is 126 g/mol. The van der Waals surface area contributed by atoms with Crippen LogP contribution in [0.5, 0.6) is 0 Å². The number of rotatable bonds is 4. The minimum Gasteiger partial charge on any atom is -0.411 e. The molecule has 0 spiro atoms. The summed E-state index contributed by atoms with van der Waals surface area (Å²) in [5.74, 6) is 0. The second-order valence-electron chi connectivity index (χ2n) is 2.10. The third-order valence-electron chi connectivity index (χ3n) is 1.50. The Kier molecular flexibility index (Phi) is 5.83. The summed E-state index contributed by atoms with van der Waals surface area (Å²) in [6.07, 6.45) is 6.52. The highest BCUT2D eigenvalue weighted by atomic mass is 16.4. The van der Waals surface area contributed by atoms with Crippen molar-refractivity contribution in [1.82, 2.24) is 0 Å². The van der Waals surface area contributed by atoms with Crippen LogP contribution in [0, 0.1) is 0 Å². The van der Waals surface area contributed by atoms with E-state index in [2.05, 4.69) is 25.1 Å². The van der Waals surface area contributed by atoms with Gasteiger partial charge in [-0.1, -0.05) is 25.5 Å². The van der Waals surface area contributed by atoms with E-state index in [1.54, 1.807) is 0 Å². The molecule has 2 heteroatoms. The molecule has 10 heavy (non-hydrogen) atoms. The SMILES string of the molecule is CCC(=CCC=NO)CC. The summed E-state index contributed by atoms with van der Waals surface area (Å²) in [7, 11) is 0. The van der Waals surface area contributed by atoms with Gasteiger partial charge in [0.05, 0.1) is 0 Å². The van der Waals surface area contributed by atoms with Gasteiger partial charge in [0.15, 0.2) is 0 Å². The molecule has 0 amide bonds. The van der Waals surface area contributed by atoms with E-state index in [4.69, 9.17) is 5.21 Å². The van der Waals surface area contributed by atoms with Gasteiger partial charge in [0.25, 0.3) is 0 Å². The average Bonchev–Trinajstić information content (AvgIpc) is 1.99. The Morgan fingerprint density at radius 2 is 2.00 bits per heavy atom. The molecule has 0 aromatic rings. The highest BCUT2D eigenvalue weighted by Gasteiger charge is 1.86. The van der Waals surface area contributed by atoms with Crippen LogP contribution in [0.15, 0.2) is 16.8 Å². The Hall–Kier alpha value is -0.790. The van der Waals surface area contributed by atoms with E-state index in [1.807, 2.05) is 0 Å². The quantitative estimate of drug-likeness (QED) is 0.277. The predicted molar refractivity (Wildman–Crippen MR) is 43.6 cm³/mol. The van der Waals surface area contributed by atoms with Gasteiger partial charge >= 0.3 is 0 Å². The average molecular weight is 141 g/mol. The molecule has 0 unspecified atom stereocenters. The van der Waals surface area contributed by atoms with Crippen molar-refractivity contribution in [1.29, 1.82) is 0 Å². The normalized spacial score (nSPS) is 10.2. The van der Waals surface area contributed by atoms with Gasteiger partial charge in [0.2, 0.25) is 0 Å². The topological polar surface area (TPSA) is 32.6 Å². The van der Waals surface area contributed by atoms with Crippen LogP contribution in [0.25, 0.3) is 0 Å². The molecule has 0 aliphatic heterocycles. The van der Waals surface area contributed by atoms with Crippen LogP contribution < -0.4 is 0 Å². The molecule has 0 rings (SSSR count). The van der Waals surface area contributed by atoms with Crippen LogP contribution in [0.1, 0.15) is 33.1 Å². The van der Waals surface area contributed by atoms with Gasteiger partial charge in [0, 0.05) is 12.6 Å². The highest BCUT2D eigenvalue weighted by molar-refractivity contribution is 5.58. The lowest BCUT2D eigenvalue weighted by Crippen LogP contribution is -1.78. The smallest absolute Gasteiger partial charge is 0.0473 e. The Morgan fingerprint density at radius 1 is 1.40 bits per heavy atom. The minimum atomic E-state index is 0.744. The summed E-state index contributed by atoms with van der Waals surface area (Å²) in [5.41, 5.74) is 1.42. The fourth-order valence-corrected chi connectivity index (χ4v) is 0.805. The Morgan fingerprint density at radius 3 is 2.40 bits per heavy atom. The number of nitrogens with zero attached hydrogens (tertiary/aromatic N) is 1. The molecule has 2 nitrogen and oxygen atoms in total. The summed E-state index contributed by atoms with van der Waals surface area (Å²) in [6, 6.07) is 0. The van der Waals surface area contributed by atoms with Gasteiger partial charge in [0.1, 0.15) is 0 Å². The second kappa shape index (κ2) is 6.33. The van der Waals surface area contributed by atoms with E-state index in [-0.39, 0.29) is 0 Å². The van der Waals surface area contributed by atoms with Crippen LogP contribution in [-0.2, 0) is 0 Å². The van der Waals surface area contributed by atoms with Crippen LogP contribution in [0.2, 0.25) is 0 Å². The van der Waals surface area contributed by atoms with Crippen LogP contribution >= 0.6 is 0 Å². The first kappa shape index (κ1) is 9.21. The maximum Gasteiger partial charge on any atom is 0.0473 e. The number of hydrogen-bond donors (Lipinski definition) is 1. The van der Waals surface area contributed by atoms with E-state index in [9.17, 15) is 0 Å². The monoisotopic (exact) mass is 141 g/mol. The van der Waals surface area contributed by atoms with Crippen molar-refractivity contribution in [3.8, 4) is 0 Å². The standard InChI is InChI=1S/C8H15NO/c1-3-8(4-2)6-5-7-9-10/h6-7,10H,3-5H2,1-2H3. The zero-order valence-corrected chi connectivity index (χ0v) is 6.67. The van der Waals surface area contributed by atoms with Gasteiger partial charge in [-0.15, -0.1) is 5.16 Å². The van der Waals surface area contributed by atoms with E-state index in [1.165, 1.54) is 11.8 Å². The molecule has 0 saturated heterocycles. The summed E-state index contributed by atoms with van der Waals surface area (Å²) in [4.78, 5) is 0. The summed E-state index contributed by atoms with van der Waals surface area (Å²) >= 11 is 0. The number of allylic oxidation sites excluding steroid dienone is 2. The Labute approximate surface area is 62.2 Å². The molecule has 0 bridgehead atoms. The lowest BCUT2D eigenvalue weighted by molar-refractivity contribution is 0.321. The molecule has 0 fully saturated rings. The van der Waals surface area contributed by atoms with Crippen molar-refractivity contribution >= 4 is 6.21 Å². The first-order chi connectivity index (χ1) is 4.85. The molecule has 0 heterocycles.